The third-order valence-electron chi connectivity index (χ3n) is 4.53. The Hall–Kier alpha value is -2.06. The Morgan fingerprint density at radius 3 is 2.60 bits per heavy atom. The Balaban J connectivity index is 2.00. The van der Waals surface area contributed by atoms with Crippen LogP contribution < -0.4 is 4.74 Å². The largest absolute Gasteiger partial charge is 0.497 e. The number of aryl methyl sites for hydroxylation is 1. The molecule has 8 heteroatoms. The van der Waals surface area contributed by atoms with E-state index in [2.05, 4.69) is 0 Å². The molecule has 3 rings (SSSR count). The first-order valence-electron chi connectivity index (χ1n) is 8.02. The van der Waals surface area contributed by atoms with Crippen LogP contribution in [-0.4, -0.2) is 63.1 Å². The van der Waals surface area contributed by atoms with E-state index >= 15 is 0 Å². The number of carbonyl (C=O) groups excluding carboxylic acids is 1. The molecule has 1 saturated heterocycles. The van der Waals surface area contributed by atoms with E-state index in [0.29, 0.717) is 23.3 Å². The second-order valence-electron chi connectivity index (χ2n) is 6.47. The van der Waals surface area contributed by atoms with Gasteiger partial charge in [-0.2, -0.15) is 0 Å². The van der Waals surface area contributed by atoms with E-state index in [4.69, 9.17) is 9.15 Å². The van der Waals surface area contributed by atoms with Crippen LogP contribution in [-0.2, 0) is 9.84 Å². The molecule has 1 atom stereocenters. The van der Waals surface area contributed by atoms with Gasteiger partial charge in [0.05, 0.1) is 24.7 Å². The molecule has 1 amide bonds. The van der Waals surface area contributed by atoms with Gasteiger partial charge in [0.1, 0.15) is 11.3 Å². The fourth-order valence-electron chi connectivity index (χ4n) is 3.28. The van der Waals surface area contributed by atoms with Crippen LogP contribution in [0, 0.1) is 6.92 Å². The van der Waals surface area contributed by atoms with Crippen molar-refractivity contribution in [1.82, 2.24) is 10.0 Å². The van der Waals surface area contributed by atoms with Gasteiger partial charge in [0.2, 0.25) is 0 Å². The molecule has 2 aromatic rings. The number of hydrogen-bond donors (Lipinski definition) is 0. The average Bonchev–Trinajstić information content (AvgIpc) is 3.07. The lowest BCUT2D eigenvalue weighted by Crippen LogP contribution is -2.49. The molecule has 0 saturated carbocycles. The van der Waals surface area contributed by atoms with E-state index in [0.717, 1.165) is 5.39 Å². The van der Waals surface area contributed by atoms with Gasteiger partial charge in [0.15, 0.2) is 15.6 Å². The highest BCUT2D eigenvalue weighted by Crippen LogP contribution is 2.31. The topological polar surface area (TPSA) is 80.1 Å². The minimum absolute atomic E-state index is 0.0238. The van der Waals surface area contributed by atoms with Gasteiger partial charge >= 0.3 is 5.91 Å². The SMILES string of the molecule is COc1ccc2oc(C(=O)N([C@H]3CCS(=O)(=O)C3)N(C)C)c(C)c2c1. The molecule has 0 spiro atoms. The van der Waals surface area contributed by atoms with Gasteiger partial charge in [-0.15, -0.1) is 0 Å². The fraction of sp³-hybridized carbons (Fsp3) is 0.471. The number of hydrazine groups is 1. The van der Waals surface area contributed by atoms with E-state index in [1.54, 1.807) is 38.3 Å². The average molecular weight is 366 g/mol. The molecular weight excluding hydrogens is 344 g/mol. The maximum Gasteiger partial charge on any atom is 0.304 e. The van der Waals surface area contributed by atoms with Gasteiger partial charge < -0.3 is 9.15 Å². The Bertz CT molecular complexity index is 917. The molecule has 0 bridgehead atoms. The molecule has 1 aromatic carbocycles. The molecule has 1 aliphatic rings. The minimum atomic E-state index is -3.10. The Labute approximate surface area is 147 Å². The first-order valence-corrected chi connectivity index (χ1v) is 9.84. The second kappa shape index (κ2) is 6.34. The summed E-state index contributed by atoms with van der Waals surface area (Å²) in [6.07, 6.45) is 0.430. The lowest BCUT2D eigenvalue weighted by atomic mass is 10.1. The molecule has 0 radical (unpaired) electrons. The predicted octanol–water partition coefficient (Wildman–Crippen LogP) is 1.86. The smallest absolute Gasteiger partial charge is 0.304 e. The monoisotopic (exact) mass is 366 g/mol. The third kappa shape index (κ3) is 3.23. The van der Waals surface area contributed by atoms with E-state index in [1.165, 1.54) is 5.01 Å². The quantitative estimate of drug-likeness (QED) is 0.769. The van der Waals surface area contributed by atoms with E-state index in [1.807, 2.05) is 13.0 Å². The number of sulfone groups is 1. The zero-order chi connectivity index (χ0) is 18.4. The lowest BCUT2D eigenvalue weighted by Gasteiger charge is -2.33. The number of furan rings is 1. The summed E-state index contributed by atoms with van der Waals surface area (Å²) in [5.74, 6) is 0.651. The number of nitrogens with zero attached hydrogens (tertiary/aromatic N) is 2. The summed E-state index contributed by atoms with van der Waals surface area (Å²) >= 11 is 0. The minimum Gasteiger partial charge on any atom is -0.497 e. The zero-order valence-electron chi connectivity index (χ0n) is 14.8. The Morgan fingerprint density at radius 1 is 1.32 bits per heavy atom. The van der Waals surface area contributed by atoms with Crippen LogP contribution in [0.2, 0.25) is 0 Å². The highest BCUT2D eigenvalue weighted by molar-refractivity contribution is 7.91. The van der Waals surface area contributed by atoms with Crippen LogP contribution in [0.3, 0.4) is 0 Å². The number of benzene rings is 1. The summed E-state index contributed by atoms with van der Waals surface area (Å²) < 4.78 is 34.6. The third-order valence-corrected chi connectivity index (χ3v) is 6.28. The van der Waals surface area contributed by atoms with Crippen molar-refractivity contribution in [3.8, 4) is 5.75 Å². The maximum absolute atomic E-state index is 13.1. The second-order valence-corrected chi connectivity index (χ2v) is 8.70. The van der Waals surface area contributed by atoms with Gasteiger partial charge in [-0.3, -0.25) is 9.80 Å². The van der Waals surface area contributed by atoms with Gasteiger partial charge in [-0.1, -0.05) is 0 Å². The van der Waals surface area contributed by atoms with Gasteiger partial charge in [0.25, 0.3) is 0 Å². The van der Waals surface area contributed by atoms with Crippen molar-refractivity contribution < 1.29 is 22.4 Å². The van der Waals surface area contributed by atoms with Crippen molar-refractivity contribution in [2.75, 3.05) is 32.7 Å². The van der Waals surface area contributed by atoms with Crippen LogP contribution in [0.5, 0.6) is 5.75 Å². The summed E-state index contributed by atoms with van der Waals surface area (Å²) in [5, 5.41) is 3.91. The van der Waals surface area contributed by atoms with Crippen molar-refractivity contribution in [3.63, 3.8) is 0 Å². The highest BCUT2D eigenvalue weighted by atomic mass is 32.2. The molecule has 136 valence electrons. The molecule has 0 aliphatic carbocycles. The number of fused-ring (bicyclic) bond motifs is 1. The van der Waals surface area contributed by atoms with Gasteiger partial charge in [0, 0.05) is 25.0 Å². The van der Waals surface area contributed by atoms with Crippen molar-refractivity contribution in [1.29, 1.82) is 0 Å². The molecule has 0 N–H and O–H groups in total. The van der Waals surface area contributed by atoms with Crippen molar-refractivity contribution >= 4 is 26.7 Å². The summed E-state index contributed by atoms with van der Waals surface area (Å²) in [6, 6.07) is 4.98. The number of hydrogen-bond acceptors (Lipinski definition) is 6. The zero-order valence-corrected chi connectivity index (χ0v) is 15.6. The molecule has 0 unspecified atom stereocenters. The van der Waals surface area contributed by atoms with Gasteiger partial charge in [-0.25, -0.2) is 13.4 Å². The first-order chi connectivity index (χ1) is 11.7. The normalized spacial score (nSPS) is 19.5. The highest BCUT2D eigenvalue weighted by Gasteiger charge is 2.38. The first kappa shape index (κ1) is 17.8. The van der Waals surface area contributed by atoms with Crippen LogP contribution in [0.15, 0.2) is 22.6 Å². The maximum atomic E-state index is 13.1. The molecule has 2 heterocycles. The van der Waals surface area contributed by atoms with Crippen LogP contribution in [0.1, 0.15) is 22.5 Å². The molecule has 7 nitrogen and oxygen atoms in total. The number of rotatable bonds is 4. The van der Waals surface area contributed by atoms with Crippen LogP contribution in [0.4, 0.5) is 0 Å². The van der Waals surface area contributed by atoms with E-state index < -0.39 is 9.84 Å². The Morgan fingerprint density at radius 2 is 2.04 bits per heavy atom. The molecule has 1 fully saturated rings. The summed E-state index contributed by atoms with van der Waals surface area (Å²) in [4.78, 5) is 13.1. The fourth-order valence-corrected chi connectivity index (χ4v) is 4.97. The number of methoxy groups -OCH3 is 1. The van der Waals surface area contributed by atoms with Crippen LogP contribution >= 0.6 is 0 Å². The van der Waals surface area contributed by atoms with Crippen molar-refractivity contribution in [2.24, 2.45) is 0 Å². The number of amides is 1. The molecular formula is C17H22N2O5S. The molecule has 1 aromatic heterocycles. The van der Waals surface area contributed by atoms with Gasteiger partial charge in [-0.05, 0) is 31.5 Å². The molecule has 25 heavy (non-hydrogen) atoms. The summed E-state index contributed by atoms with van der Waals surface area (Å²) in [6.45, 7) is 1.82. The van der Waals surface area contributed by atoms with E-state index in [9.17, 15) is 13.2 Å². The predicted molar refractivity (Wildman–Crippen MR) is 94.4 cm³/mol. The number of carbonyl (C=O) groups is 1. The summed E-state index contributed by atoms with van der Waals surface area (Å²) in [5.41, 5.74) is 1.31. The van der Waals surface area contributed by atoms with E-state index in [-0.39, 0.29) is 29.2 Å². The lowest BCUT2D eigenvalue weighted by molar-refractivity contribution is -0.00160. The standard InChI is InChI=1S/C17H22N2O5S/c1-11-14-9-13(23-4)5-6-15(14)24-16(11)17(20)19(18(2)3)12-7-8-25(21,22)10-12/h5-6,9,12H,7-8,10H2,1-4H3/t12-/m0/s1. The Kier molecular flexibility index (Phi) is 4.51. The van der Waals surface area contributed by atoms with Crippen molar-refractivity contribution in [2.45, 2.75) is 19.4 Å². The van der Waals surface area contributed by atoms with Crippen molar-refractivity contribution in [3.05, 3.63) is 29.5 Å². The molecule has 1 aliphatic heterocycles. The summed E-state index contributed by atoms with van der Waals surface area (Å²) in [7, 11) is 1.93. The van der Waals surface area contributed by atoms with Crippen LogP contribution in [0.25, 0.3) is 11.0 Å². The number of ether oxygens (including phenoxy) is 1.